The first-order valence-electron chi connectivity index (χ1n) is 3.92. The van der Waals surface area contributed by atoms with Gasteiger partial charge in [0.25, 0.3) is 0 Å². The molecule has 0 aliphatic rings. The van der Waals surface area contributed by atoms with E-state index in [-0.39, 0.29) is 0 Å². The molecule has 66 valence electrons. The summed E-state index contributed by atoms with van der Waals surface area (Å²) in [7, 11) is 0. The average Bonchev–Trinajstić information content (AvgIpc) is 2.34. The molecule has 0 spiro atoms. The Morgan fingerprint density at radius 2 is 2.17 bits per heavy atom. The molecule has 1 aromatic rings. The van der Waals surface area contributed by atoms with Crippen LogP contribution >= 0.6 is 0 Å². The van der Waals surface area contributed by atoms with E-state index in [2.05, 4.69) is 0 Å². The summed E-state index contributed by atoms with van der Waals surface area (Å²) in [6.45, 7) is 4.10. The minimum atomic E-state index is 0.354. The van der Waals surface area contributed by atoms with E-state index < -0.39 is 0 Å². The molecule has 0 radical (unpaired) electrons. The summed E-state index contributed by atoms with van der Waals surface area (Å²) in [6.07, 6.45) is 3.18. The van der Waals surface area contributed by atoms with Gasteiger partial charge in [0.05, 0.1) is 0 Å². The molecule has 0 bridgehead atoms. The van der Waals surface area contributed by atoms with Gasteiger partial charge in [-0.2, -0.15) is 0 Å². The predicted molar refractivity (Wildman–Crippen MR) is 50.4 cm³/mol. The highest BCUT2D eigenvalue weighted by Gasteiger charge is 2.08. The SMILES string of the molecule is CC(C)c1cc(/C=C\N)c(N)o1. The Hall–Kier alpha value is -1.38. The van der Waals surface area contributed by atoms with Gasteiger partial charge in [-0.3, -0.25) is 0 Å². The highest BCUT2D eigenvalue weighted by molar-refractivity contribution is 5.60. The van der Waals surface area contributed by atoms with Gasteiger partial charge in [0, 0.05) is 11.5 Å². The number of furan rings is 1. The second-order valence-electron chi connectivity index (χ2n) is 2.98. The number of hydrogen-bond acceptors (Lipinski definition) is 3. The van der Waals surface area contributed by atoms with Crippen LogP contribution in [0.1, 0.15) is 31.1 Å². The Kier molecular flexibility index (Phi) is 2.43. The van der Waals surface area contributed by atoms with Crippen LogP contribution in [0.3, 0.4) is 0 Å². The smallest absolute Gasteiger partial charge is 0.197 e. The zero-order chi connectivity index (χ0) is 9.14. The summed E-state index contributed by atoms with van der Waals surface area (Å²) >= 11 is 0. The van der Waals surface area contributed by atoms with E-state index in [1.807, 2.05) is 19.9 Å². The quantitative estimate of drug-likeness (QED) is 0.705. The highest BCUT2D eigenvalue weighted by Crippen LogP contribution is 2.24. The summed E-state index contributed by atoms with van der Waals surface area (Å²) in [5.74, 6) is 1.67. The molecule has 0 atom stereocenters. The number of nitrogen functional groups attached to an aromatic ring is 1. The predicted octanol–water partition coefficient (Wildman–Crippen LogP) is 1.91. The van der Waals surface area contributed by atoms with Crippen LogP contribution in [-0.4, -0.2) is 0 Å². The molecule has 0 saturated carbocycles. The Bertz CT molecular complexity index is 287. The van der Waals surface area contributed by atoms with Crippen LogP contribution in [0.4, 0.5) is 5.88 Å². The lowest BCUT2D eigenvalue weighted by Gasteiger charge is -1.95. The van der Waals surface area contributed by atoms with Gasteiger partial charge >= 0.3 is 0 Å². The van der Waals surface area contributed by atoms with Crippen LogP contribution in [0.2, 0.25) is 0 Å². The molecule has 0 saturated heterocycles. The highest BCUT2D eigenvalue weighted by atomic mass is 16.4. The summed E-state index contributed by atoms with van der Waals surface area (Å²) < 4.78 is 5.30. The average molecular weight is 166 g/mol. The number of anilines is 1. The van der Waals surface area contributed by atoms with E-state index in [0.29, 0.717) is 11.8 Å². The second-order valence-corrected chi connectivity index (χ2v) is 2.98. The number of hydrogen-bond donors (Lipinski definition) is 2. The molecule has 1 aromatic heterocycles. The molecule has 0 aliphatic carbocycles. The largest absolute Gasteiger partial charge is 0.445 e. The van der Waals surface area contributed by atoms with Gasteiger partial charge < -0.3 is 15.9 Å². The Morgan fingerprint density at radius 3 is 2.58 bits per heavy atom. The van der Waals surface area contributed by atoms with Crippen LogP contribution in [-0.2, 0) is 0 Å². The lowest BCUT2D eigenvalue weighted by atomic mass is 10.1. The molecule has 1 heterocycles. The van der Waals surface area contributed by atoms with Gasteiger partial charge in [-0.25, -0.2) is 0 Å². The number of rotatable bonds is 2. The van der Waals surface area contributed by atoms with Crippen LogP contribution in [0.25, 0.3) is 6.08 Å². The van der Waals surface area contributed by atoms with Crippen LogP contribution < -0.4 is 11.5 Å². The molecule has 0 fully saturated rings. The normalized spacial score (nSPS) is 11.6. The Balaban J connectivity index is 3.00. The van der Waals surface area contributed by atoms with E-state index in [1.54, 1.807) is 6.08 Å². The van der Waals surface area contributed by atoms with Gasteiger partial charge in [-0.1, -0.05) is 13.8 Å². The van der Waals surface area contributed by atoms with Gasteiger partial charge in [0.2, 0.25) is 0 Å². The minimum Gasteiger partial charge on any atom is -0.445 e. The van der Waals surface area contributed by atoms with E-state index in [9.17, 15) is 0 Å². The fraction of sp³-hybridized carbons (Fsp3) is 0.333. The van der Waals surface area contributed by atoms with Crippen molar-refractivity contribution in [3.63, 3.8) is 0 Å². The summed E-state index contributed by atoms with van der Waals surface area (Å²) in [5.41, 5.74) is 11.7. The van der Waals surface area contributed by atoms with Crippen molar-refractivity contribution in [1.29, 1.82) is 0 Å². The van der Waals surface area contributed by atoms with Crippen LogP contribution in [0.15, 0.2) is 16.7 Å². The zero-order valence-electron chi connectivity index (χ0n) is 7.37. The molecule has 0 unspecified atom stereocenters. The molecule has 0 aliphatic heterocycles. The fourth-order valence-electron chi connectivity index (χ4n) is 0.958. The van der Waals surface area contributed by atoms with Crippen molar-refractivity contribution in [2.24, 2.45) is 5.73 Å². The topological polar surface area (TPSA) is 65.2 Å². The van der Waals surface area contributed by atoms with Crippen molar-refractivity contribution in [2.45, 2.75) is 19.8 Å². The van der Waals surface area contributed by atoms with Crippen molar-refractivity contribution < 1.29 is 4.42 Å². The Morgan fingerprint density at radius 1 is 1.50 bits per heavy atom. The van der Waals surface area contributed by atoms with Crippen molar-refractivity contribution in [3.05, 3.63) is 23.6 Å². The third-order valence-electron chi connectivity index (χ3n) is 1.65. The zero-order valence-corrected chi connectivity index (χ0v) is 7.37. The van der Waals surface area contributed by atoms with Crippen LogP contribution in [0, 0.1) is 0 Å². The van der Waals surface area contributed by atoms with Crippen molar-refractivity contribution in [1.82, 2.24) is 0 Å². The van der Waals surface area contributed by atoms with Gasteiger partial charge in [0.1, 0.15) is 5.76 Å². The van der Waals surface area contributed by atoms with E-state index in [0.717, 1.165) is 11.3 Å². The molecule has 0 amide bonds. The molecule has 3 nitrogen and oxygen atoms in total. The van der Waals surface area contributed by atoms with Crippen LogP contribution in [0.5, 0.6) is 0 Å². The molecular weight excluding hydrogens is 152 g/mol. The molecular formula is C9H14N2O. The minimum absolute atomic E-state index is 0.354. The standard InChI is InChI=1S/C9H14N2O/c1-6(2)8-5-7(3-4-10)9(11)12-8/h3-6H,10-11H2,1-2H3/b4-3-. The molecule has 12 heavy (non-hydrogen) atoms. The molecule has 4 N–H and O–H groups in total. The molecule has 1 rings (SSSR count). The maximum atomic E-state index is 5.59. The van der Waals surface area contributed by atoms with E-state index in [1.165, 1.54) is 6.20 Å². The first kappa shape index (κ1) is 8.71. The van der Waals surface area contributed by atoms with Crippen molar-refractivity contribution >= 4 is 12.0 Å². The second kappa shape index (κ2) is 3.34. The third kappa shape index (κ3) is 1.61. The summed E-state index contributed by atoms with van der Waals surface area (Å²) in [4.78, 5) is 0. The molecule has 3 heteroatoms. The van der Waals surface area contributed by atoms with Crippen molar-refractivity contribution in [2.75, 3.05) is 5.73 Å². The lowest BCUT2D eigenvalue weighted by Crippen LogP contribution is -1.83. The maximum Gasteiger partial charge on any atom is 0.197 e. The monoisotopic (exact) mass is 166 g/mol. The summed E-state index contributed by atoms with van der Waals surface area (Å²) in [5, 5.41) is 0. The van der Waals surface area contributed by atoms with Gasteiger partial charge in [-0.15, -0.1) is 0 Å². The maximum absolute atomic E-state index is 5.59. The lowest BCUT2D eigenvalue weighted by molar-refractivity contribution is 0.502. The Labute approximate surface area is 72.0 Å². The fourth-order valence-corrected chi connectivity index (χ4v) is 0.958. The number of nitrogens with two attached hydrogens (primary N) is 2. The third-order valence-corrected chi connectivity index (χ3v) is 1.65. The van der Waals surface area contributed by atoms with Gasteiger partial charge in [-0.05, 0) is 18.3 Å². The first-order chi connectivity index (χ1) is 5.65. The van der Waals surface area contributed by atoms with Gasteiger partial charge in [0.15, 0.2) is 5.88 Å². The van der Waals surface area contributed by atoms with Crippen molar-refractivity contribution in [3.8, 4) is 0 Å². The van der Waals surface area contributed by atoms with E-state index in [4.69, 9.17) is 15.9 Å². The first-order valence-corrected chi connectivity index (χ1v) is 3.92. The molecule has 0 aromatic carbocycles. The summed E-state index contributed by atoms with van der Waals surface area (Å²) in [6, 6.07) is 1.91. The van der Waals surface area contributed by atoms with E-state index >= 15 is 0 Å².